The van der Waals surface area contributed by atoms with E-state index in [0.29, 0.717) is 17.9 Å². The van der Waals surface area contributed by atoms with Crippen molar-refractivity contribution in [1.29, 1.82) is 0 Å². The molecule has 1 aromatic heterocycles. The lowest BCUT2D eigenvalue weighted by Gasteiger charge is -2.24. The van der Waals surface area contributed by atoms with Gasteiger partial charge < -0.3 is 14.6 Å². The van der Waals surface area contributed by atoms with Crippen LogP contribution in [-0.2, 0) is 4.79 Å². The van der Waals surface area contributed by atoms with Crippen LogP contribution in [-0.4, -0.2) is 35.3 Å². The molecule has 0 unspecified atom stereocenters. The predicted molar refractivity (Wildman–Crippen MR) is 108 cm³/mol. The number of carbonyl (C=O) groups is 2. The SMILES string of the molecule is CCN(CC(=O)NC(C)(C)C)C(=O)c1oc2c(ccc3ccccc32)c1C. The van der Waals surface area contributed by atoms with Gasteiger partial charge in [-0.15, -0.1) is 0 Å². The van der Waals surface area contributed by atoms with E-state index in [2.05, 4.69) is 5.32 Å². The maximum atomic E-state index is 13.1. The number of amides is 2. The molecule has 0 saturated heterocycles. The van der Waals surface area contributed by atoms with Crippen molar-refractivity contribution >= 4 is 33.6 Å². The highest BCUT2D eigenvalue weighted by atomic mass is 16.3. The molecular weight excluding hydrogens is 340 g/mol. The number of fused-ring (bicyclic) bond motifs is 3. The predicted octanol–water partition coefficient (Wildman–Crippen LogP) is 4.27. The van der Waals surface area contributed by atoms with Gasteiger partial charge in [-0.05, 0) is 40.0 Å². The number of rotatable bonds is 4. The van der Waals surface area contributed by atoms with Gasteiger partial charge in [-0.3, -0.25) is 9.59 Å². The first kappa shape index (κ1) is 19.0. The van der Waals surface area contributed by atoms with Gasteiger partial charge in [0.2, 0.25) is 5.91 Å². The largest absolute Gasteiger partial charge is 0.450 e. The molecule has 0 bridgehead atoms. The van der Waals surface area contributed by atoms with Crippen molar-refractivity contribution in [2.24, 2.45) is 0 Å². The summed E-state index contributed by atoms with van der Waals surface area (Å²) in [5.74, 6) is -0.150. The maximum absolute atomic E-state index is 13.1. The molecule has 3 rings (SSSR count). The van der Waals surface area contributed by atoms with E-state index in [4.69, 9.17) is 4.42 Å². The zero-order valence-electron chi connectivity index (χ0n) is 16.6. The Morgan fingerprint density at radius 2 is 1.78 bits per heavy atom. The molecule has 142 valence electrons. The fraction of sp³-hybridized carbons (Fsp3) is 0.364. The molecule has 0 aliphatic heterocycles. The minimum atomic E-state index is -0.340. The Bertz CT molecular complexity index is 1010. The molecule has 3 aromatic rings. The van der Waals surface area contributed by atoms with Crippen LogP contribution in [0.25, 0.3) is 21.7 Å². The summed E-state index contributed by atoms with van der Waals surface area (Å²) < 4.78 is 6.02. The van der Waals surface area contributed by atoms with E-state index in [1.165, 1.54) is 4.90 Å². The molecule has 1 N–H and O–H groups in total. The lowest BCUT2D eigenvalue weighted by Crippen LogP contribution is -2.47. The summed E-state index contributed by atoms with van der Waals surface area (Å²) in [6.45, 7) is 9.91. The first-order valence-electron chi connectivity index (χ1n) is 9.22. The molecular formula is C22H26N2O3. The molecule has 0 radical (unpaired) electrons. The molecule has 27 heavy (non-hydrogen) atoms. The maximum Gasteiger partial charge on any atom is 0.290 e. The molecule has 0 saturated carbocycles. The second-order valence-electron chi connectivity index (χ2n) is 7.84. The van der Waals surface area contributed by atoms with Gasteiger partial charge in [0.15, 0.2) is 5.76 Å². The fourth-order valence-corrected chi connectivity index (χ4v) is 3.26. The smallest absolute Gasteiger partial charge is 0.290 e. The Morgan fingerprint density at radius 1 is 1.07 bits per heavy atom. The molecule has 0 atom stereocenters. The van der Waals surface area contributed by atoms with Gasteiger partial charge in [0.1, 0.15) is 5.58 Å². The van der Waals surface area contributed by atoms with Crippen LogP contribution in [0.2, 0.25) is 0 Å². The Balaban J connectivity index is 1.95. The third kappa shape index (κ3) is 3.82. The zero-order valence-corrected chi connectivity index (χ0v) is 16.6. The summed E-state index contributed by atoms with van der Waals surface area (Å²) >= 11 is 0. The van der Waals surface area contributed by atoms with E-state index < -0.39 is 0 Å². The van der Waals surface area contributed by atoms with E-state index in [1.54, 1.807) is 0 Å². The van der Waals surface area contributed by atoms with Crippen LogP contribution in [0.3, 0.4) is 0 Å². The van der Waals surface area contributed by atoms with E-state index in [9.17, 15) is 9.59 Å². The van der Waals surface area contributed by atoms with Crippen LogP contribution in [0.15, 0.2) is 40.8 Å². The molecule has 5 heteroatoms. The summed E-state index contributed by atoms with van der Waals surface area (Å²) in [6, 6.07) is 11.9. The van der Waals surface area contributed by atoms with E-state index in [1.807, 2.05) is 71.0 Å². The number of furan rings is 1. The molecule has 5 nitrogen and oxygen atoms in total. The Morgan fingerprint density at radius 3 is 2.44 bits per heavy atom. The molecule has 2 aromatic carbocycles. The van der Waals surface area contributed by atoms with Crippen molar-refractivity contribution in [2.75, 3.05) is 13.1 Å². The molecule has 0 fully saturated rings. The number of likely N-dealkylation sites (N-methyl/N-ethyl adjacent to an activating group) is 1. The second kappa shape index (κ2) is 7.06. The molecule has 0 aliphatic rings. The average molecular weight is 366 g/mol. The van der Waals surface area contributed by atoms with Crippen LogP contribution in [0, 0.1) is 6.92 Å². The van der Waals surface area contributed by atoms with Gasteiger partial charge in [-0.2, -0.15) is 0 Å². The van der Waals surface area contributed by atoms with Crippen LogP contribution in [0.5, 0.6) is 0 Å². The summed E-state index contributed by atoms with van der Waals surface area (Å²) in [5, 5.41) is 5.86. The topological polar surface area (TPSA) is 62.6 Å². The van der Waals surface area contributed by atoms with Gasteiger partial charge >= 0.3 is 0 Å². The monoisotopic (exact) mass is 366 g/mol. The highest BCUT2D eigenvalue weighted by Gasteiger charge is 2.25. The highest BCUT2D eigenvalue weighted by molar-refractivity contribution is 6.09. The van der Waals surface area contributed by atoms with Crippen molar-refractivity contribution in [3.8, 4) is 0 Å². The molecule has 0 aliphatic carbocycles. The normalized spacial score (nSPS) is 11.7. The lowest BCUT2D eigenvalue weighted by atomic mass is 10.1. The van der Waals surface area contributed by atoms with Crippen molar-refractivity contribution in [3.05, 3.63) is 47.7 Å². The second-order valence-corrected chi connectivity index (χ2v) is 7.84. The first-order valence-corrected chi connectivity index (χ1v) is 9.22. The fourth-order valence-electron chi connectivity index (χ4n) is 3.26. The van der Waals surface area contributed by atoms with E-state index in [0.717, 1.165) is 21.7 Å². The van der Waals surface area contributed by atoms with Crippen molar-refractivity contribution in [1.82, 2.24) is 10.2 Å². The van der Waals surface area contributed by atoms with Gasteiger partial charge in [0.25, 0.3) is 5.91 Å². The van der Waals surface area contributed by atoms with Gasteiger partial charge in [0, 0.05) is 28.4 Å². The van der Waals surface area contributed by atoms with Crippen LogP contribution < -0.4 is 5.32 Å². The van der Waals surface area contributed by atoms with E-state index >= 15 is 0 Å². The molecule has 0 spiro atoms. The third-order valence-corrected chi connectivity index (χ3v) is 4.54. The quantitative estimate of drug-likeness (QED) is 0.750. The minimum absolute atomic E-state index is 0.00381. The van der Waals surface area contributed by atoms with Crippen molar-refractivity contribution in [3.63, 3.8) is 0 Å². The van der Waals surface area contributed by atoms with Crippen LogP contribution >= 0.6 is 0 Å². The van der Waals surface area contributed by atoms with Crippen LogP contribution in [0.4, 0.5) is 0 Å². The number of carbonyl (C=O) groups excluding carboxylic acids is 2. The Kier molecular flexibility index (Phi) is 4.96. The Labute approximate surface area is 159 Å². The van der Waals surface area contributed by atoms with Crippen molar-refractivity contribution < 1.29 is 14.0 Å². The summed E-state index contributed by atoms with van der Waals surface area (Å²) in [5.41, 5.74) is 1.17. The van der Waals surface area contributed by atoms with Gasteiger partial charge in [0.05, 0.1) is 6.54 Å². The minimum Gasteiger partial charge on any atom is -0.450 e. The third-order valence-electron chi connectivity index (χ3n) is 4.54. The van der Waals surface area contributed by atoms with Gasteiger partial charge in [-0.25, -0.2) is 0 Å². The highest BCUT2D eigenvalue weighted by Crippen LogP contribution is 2.32. The molecule has 1 heterocycles. The summed E-state index contributed by atoms with van der Waals surface area (Å²) in [6.07, 6.45) is 0. The summed E-state index contributed by atoms with van der Waals surface area (Å²) in [4.78, 5) is 26.8. The number of aryl methyl sites for hydroxylation is 1. The van der Waals surface area contributed by atoms with Crippen LogP contribution in [0.1, 0.15) is 43.8 Å². The number of hydrogen-bond donors (Lipinski definition) is 1. The number of hydrogen-bond acceptors (Lipinski definition) is 3. The zero-order chi connectivity index (χ0) is 19.8. The molecule has 2 amide bonds. The Hall–Kier alpha value is -2.82. The average Bonchev–Trinajstić information content (AvgIpc) is 2.95. The van der Waals surface area contributed by atoms with E-state index in [-0.39, 0.29) is 23.9 Å². The number of nitrogens with zero attached hydrogens (tertiary/aromatic N) is 1. The van der Waals surface area contributed by atoms with Gasteiger partial charge in [-0.1, -0.05) is 36.4 Å². The summed E-state index contributed by atoms with van der Waals surface area (Å²) in [7, 11) is 0. The first-order chi connectivity index (χ1) is 12.7. The number of nitrogens with one attached hydrogen (secondary N) is 1. The number of benzene rings is 2. The van der Waals surface area contributed by atoms with Crippen molar-refractivity contribution in [2.45, 2.75) is 40.2 Å². The lowest BCUT2D eigenvalue weighted by molar-refractivity contribution is -0.123. The standard InChI is InChI=1S/C22H26N2O3/c1-6-24(13-18(25)23-22(3,4)5)21(26)19-14(2)16-12-11-15-9-7-8-10-17(15)20(16)27-19/h7-12H,6,13H2,1-5H3,(H,23,25).